The molecule has 0 saturated carbocycles. The van der Waals surface area contributed by atoms with Crippen molar-refractivity contribution in [2.45, 2.75) is 26.1 Å². The van der Waals surface area contributed by atoms with Crippen LogP contribution in [0.4, 0.5) is 4.39 Å². The molecule has 2 rings (SSSR count). The quantitative estimate of drug-likeness (QED) is 0.912. The van der Waals surface area contributed by atoms with Crippen LogP contribution < -0.4 is 15.2 Å². The molecular formula is C14H18FN3O3. The Kier molecular flexibility index (Phi) is 4.13. The highest BCUT2D eigenvalue weighted by molar-refractivity contribution is 5.68. The Balaban J connectivity index is 2.63. The zero-order valence-corrected chi connectivity index (χ0v) is 12.4. The van der Waals surface area contributed by atoms with Crippen LogP contribution in [0, 0.1) is 0 Å². The molecule has 21 heavy (non-hydrogen) atoms. The topological polar surface area (TPSA) is 83.4 Å². The Morgan fingerprint density at radius 2 is 1.90 bits per heavy atom. The number of ether oxygens (including phenoxy) is 2. The van der Waals surface area contributed by atoms with E-state index in [4.69, 9.17) is 19.7 Å². The van der Waals surface area contributed by atoms with E-state index in [0.29, 0.717) is 34.3 Å². The Morgan fingerprint density at radius 1 is 1.24 bits per heavy atom. The summed E-state index contributed by atoms with van der Waals surface area (Å²) in [5, 5.41) is 3.84. The maximum absolute atomic E-state index is 14.4. The summed E-state index contributed by atoms with van der Waals surface area (Å²) in [6.45, 7) is 3.03. The van der Waals surface area contributed by atoms with Crippen LogP contribution >= 0.6 is 0 Å². The number of aromatic nitrogens is 2. The average molecular weight is 295 g/mol. The van der Waals surface area contributed by atoms with Gasteiger partial charge in [0.2, 0.25) is 11.7 Å². The highest BCUT2D eigenvalue weighted by Crippen LogP contribution is 2.40. The van der Waals surface area contributed by atoms with Crippen LogP contribution in [0.1, 0.15) is 25.3 Å². The lowest BCUT2D eigenvalue weighted by molar-refractivity contribution is 0.213. The van der Waals surface area contributed by atoms with E-state index >= 15 is 0 Å². The van der Waals surface area contributed by atoms with E-state index in [1.165, 1.54) is 28.1 Å². The maximum Gasteiger partial charge on any atom is 0.240 e. The molecule has 0 amide bonds. The average Bonchev–Trinajstić information content (AvgIpc) is 2.93. The standard InChI is InChI=1S/C14H18FN3O3/c1-14(2,15)9-5-8(10(19-3)6-11(9)20-4)13-17-12(7-16)21-18-13/h5-6H,7,16H2,1-4H3. The molecule has 1 aromatic heterocycles. The van der Waals surface area contributed by atoms with Crippen molar-refractivity contribution in [3.63, 3.8) is 0 Å². The molecule has 6 nitrogen and oxygen atoms in total. The summed E-state index contributed by atoms with van der Waals surface area (Å²) in [5.74, 6) is 1.44. The second-order valence-electron chi connectivity index (χ2n) is 4.94. The van der Waals surface area contributed by atoms with Gasteiger partial charge in [0.15, 0.2) is 0 Å². The largest absolute Gasteiger partial charge is 0.496 e. The number of methoxy groups -OCH3 is 2. The van der Waals surface area contributed by atoms with Crippen LogP contribution in [-0.2, 0) is 12.2 Å². The van der Waals surface area contributed by atoms with E-state index in [1.54, 1.807) is 12.1 Å². The van der Waals surface area contributed by atoms with Crippen LogP contribution in [-0.4, -0.2) is 24.4 Å². The number of rotatable bonds is 5. The molecule has 0 atom stereocenters. The van der Waals surface area contributed by atoms with Crippen LogP contribution in [0.3, 0.4) is 0 Å². The summed E-state index contributed by atoms with van der Waals surface area (Å²) >= 11 is 0. The van der Waals surface area contributed by atoms with Crippen LogP contribution in [0.25, 0.3) is 11.4 Å². The first-order chi connectivity index (χ1) is 9.90. The Bertz CT molecular complexity index is 635. The van der Waals surface area contributed by atoms with Crippen molar-refractivity contribution in [3.8, 4) is 22.9 Å². The number of benzene rings is 1. The summed E-state index contributed by atoms with van der Waals surface area (Å²) in [5.41, 5.74) is 4.75. The molecule has 0 aliphatic heterocycles. The molecule has 0 aliphatic carbocycles. The summed E-state index contributed by atoms with van der Waals surface area (Å²) in [6.07, 6.45) is 0. The zero-order chi connectivity index (χ0) is 15.6. The Labute approximate surface area is 122 Å². The molecule has 0 aliphatic rings. The first-order valence-electron chi connectivity index (χ1n) is 6.39. The van der Waals surface area contributed by atoms with Gasteiger partial charge >= 0.3 is 0 Å². The molecule has 0 radical (unpaired) electrons. The molecule has 1 heterocycles. The summed E-state index contributed by atoms with van der Waals surface area (Å²) in [4.78, 5) is 4.14. The third kappa shape index (κ3) is 2.97. The minimum atomic E-state index is -1.59. The molecule has 0 bridgehead atoms. The van der Waals surface area contributed by atoms with Gasteiger partial charge in [0, 0.05) is 11.6 Å². The van der Waals surface area contributed by atoms with E-state index in [9.17, 15) is 4.39 Å². The summed E-state index contributed by atoms with van der Waals surface area (Å²) in [6, 6.07) is 3.20. The van der Waals surface area contributed by atoms with Crippen molar-refractivity contribution in [1.82, 2.24) is 10.1 Å². The molecule has 0 spiro atoms. The third-order valence-electron chi connectivity index (χ3n) is 3.05. The second-order valence-corrected chi connectivity index (χ2v) is 4.94. The number of hydrogen-bond acceptors (Lipinski definition) is 6. The first-order valence-corrected chi connectivity index (χ1v) is 6.39. The number of nitrogens with zero attached hydrogens (tertiary/aromatic N) is 2. The van der Waals surface area contributed by atoms with Crippen LogP contribution in [0.15, 0.2) is 16.7 Å². The molecule has 7 heteroatoms. The predicted octanol–water partition coefficient (Wildman–Crippen LogP) is 2.42. The van der Waals surface area contributed by atoms with Crippen molar-refractivity contribution in [1.29, 1.82) is 0 Å². The fourth-order valence-electron chi connectivity index (χ4n) is 1.99. The van der Waals surface area contributed by atoms with Gasteiger partial charge < -0.3 is 19.7 Å². The molecule has 0 fully saturated rings. The van der Waals surface area contributed by atoms with E-state index in [-0.39, 0.29) is 6.54 Å². The number of hydrogen-bond donors (Lipinski definition) is 1. The molecule has 0 saturated heterocycles. The number of nitrogens with two attached hydrogens (primary N) is 1. The number of halogens is 1. The lowest BCUT2D eigenvalue weighted by Crippen LogP contribution is -2.11. The van der Waals surface area contributed by atoms with Crippen molar-refractivity contribution in [2.75, 3.05) is 14.2 Å². The zero-order valence-electron chi connectivity index (χ0n) is 12.4. The Hall–Kier alpha value is -2.15. The predicted molar refractivity (Wildman–Crippen MR) is 74.9 cm³/mol. The molecule has 114 valence electrons. The van der Waals surface area contributed by atoms with Gasteiger partial charge in [0.1, 0.15) is 17.2 Å². The van der Waals surface area contributed by atoms with Crippen molar-refractivity contribution >= 4 is 0 Å². The highest BCUT2D eigenvalue weighted by Gasteiger charge is 2.27. The van der Waals surface area contributed by atoms with Gasteiger partial charge in [-0.2, -0.15) is 4.98 Å². The molecule has 0 unspecified atom stereocenters. The third-order valence-corrected chi connectivity index (χ3v) is 3.05. The molecule has 1 aromatic carbocycles. The molecule has 2 N–H and O–H groups in total. The fraction of sp³-hybridized carbons (Fsp3) is 0.429. The van der Waals surface area contributed by atoms with Crippen molar-refractivity contribution in [3.05, 3.63) is 23.6 Å². The van der Waals surface area contributed by atoms with Gasteiger partial charge in [-0.05, 0) is 19.9 Å². The van der Waals surface area contributed by atoms with E-state index in [0.717, 1.165) is 0 Å². The SMILES string of the molecule is COc1cc(OC)c(C(C)(C)F)cc1-c1noc(CN)n1. The minimum absolute atomic E-state index is 0.132. The van der Waals surface area contributed by atoms with Gasteiger partial charge in [-0.3, -0.25) is 0 Å². The number of alkyl halides is 1. The smallest absolute Gasteiger partial charge is 0.240 e. The second kappa shape index (κ2) is 5.69. The van der Waals surface area contributed by atoms with Gasteiger partial charge in [-0.1, -0.05) is 5.16 Å². The lowest BCUT2D eigenvalue weighted by atomic mass is 9.96. The van der Waals surface area contributed by atoms with Crippen molar-refractivity contribution in [2.24, 2.45) is 5.73 Å². The van der Waals surface area contributed by atoms with Gasteiger partial charge in [-0.25, -0.2) is 4.39 Å². The van der Waals surface area contributed by atoms with Crippen LogP contribution in [0.2, 0.25) is 0 Å². The summed E-state index contributed by atoms with van der Waals surface area (Å²) in [7, 11) is 2.98. The first kappa shape index (κ1) is 15.2. The van der Waals surface area contributed by atoms with Crippen molar-refractivity contribution < 1.29 is 18.4 Å². The van der Waals surface area contributed by atoms with E-state index < -0.39 is 5.67 Å². The van der Waals surface area contributed by atoms with Gasteiger partial charge in [0.25, 0.3) is 0 Å². The van der Waals surface area contributed by atoms with E-state index in [1.807, 2.05) is 0 Å². The van der Waals surface area contributed by atoms with E-state index in [2.05, 4.69) is 10.1 Å². The molecular weight excluding hydrogens is 277 g/mol. The lowest BCUT2D eigenvalue weighted by Gasteiger charge is -2.20. The van der Waals surface area contributed by atoms with Crippen LogP contribution in [0.5, 0.6) is 11.5 Å². The maximum atomic E-state index is 14.4. The highest BCUT2D eigenvalue weighted by atomic mass is 19.1. The monoisotopic (exact) mass is 295 g/mol. The Morgan fingerprint density at radius 3 is 2.38 bits per heavy atom. The minimum Gasteiger partial charge on any atom is -0.496 e. The van der Waals surface area contributed by atoms with Gasteiger partial charge in [0.05, 0.1) is 26.3 Å². The molecule has 2 aromatic rings. The normalized spacial score (nSPS) is 11.5. The summed E-state index contributed by atoms with van der Waals surface area (Å²) < 4.78 is 29.9. The fourth-order valence-corrected chi connectivity index (χ4v) is 1.99. The van der Waals surface area contributed by atoms with Gasteiger partial charge in [-0.15, -0.1) is 0 Å².